The van der Waals surface area contributed by atoms with Gasteiger partial charge in [-0.05, 0) is 0 Å². The molecule has 2 atom stereocenters. The molecule has 0 bridgehead atoms. The Morgan fingerprint density at radius 2 is 0.800 bits per heavy atom. The average molecular weight is 743 g/mol. The molecule has 0 aliphatic heterocycles. The molecular weight excluding hydrogens is 696 g/mol. The molecule has 2 aliphatic rings. The zero-order chi connectivity index (χ0) is 34.3. The Hall–Kier alpha value is -4.10. The van der Waals surface area contributed by atoms with Crippen LogP contribution in [0.4, 0.5) is 0 Å². The van der Waals surface area contributed by atoms with Gasteiger partial charge in [0.2, 0.25) is 0 Å². The van der Waals surface area contributed by atoms with Crippen molar-refractivity contribution >= 4 is 28.4 Å². The molecule has 0 spiro atoms. The Balaban J connectivity index is 1.47. The van der Waals surface area contributed by atoms with Crippen LogP contribution in [0.25, 0.3) is 34.4 Å². The quantitative estimate of drug-likeness (QED) is 0.129. The summed E-state index contributed by atoms with van der Waals surface area (Å²) in [5.74, 6) is -1.88. The van der Waals surface area contributed by atoms with Crippen LogP contribution in [0.5, 0.6) is 0 Å². The standard InChI is InChI=1S/2C17H15.C12H11Si.2CH3.Zr/c2*1-2-13-11-15-9-6-10-16(17(15)12-13)14-7-4-3-5-8-14;1-3-7-11(8-4-1)13-12-9-5-2-6-10-12;;;/h2*3-12H,2H2,1H3;1-10,13H;2*1H3;. The maximum absolute atomic E-state index is 4.35. The summed E-state index contributed by atoms with van der Waals surface area (Å²) in [5, 5.41) is 3.20. The minimum atomic E-state index is -4.35. The van der Waals surface area contributed by atoms with Gasteiger partial charge in [-0.1, -0.05) is 0 Å². The molecule has 50 heavy (non-hydrogen) atoms. The summed E-state index contributed by atoms with van der Waals surface area (Å²) < 4.78 is 6.72. The first-order chi connectivity index (χ1) is 24.4. The number of allylic oxidation sites excluding steroid dienone is 2. The van der Waals surface area contributed by atoms with E-state index in [2.05, 4.69) is 193 Å². The van der Waals surface area contributed by atoms with Crippen molar-refractivity contribution in [2.24, 2.45) is 0 Å². The van der Waals surface area contributed by atoms with Gasteiger partial charge in [0.25, 0.3) is 0 Å². The third kappa shape index (κ3) is 5.26. The van der Waals surface area contributed by atoms with Gasteiger partial charge in [0.15, 0.2) is 0 Å². The fourth-order valence-electron chi connectivity index (χ4n) is 10.5. The second-order valence-electron chi connectivity index (χ2n) is 15.3. The van der Waals surface area contributed by atoms with Gasteiger partial charge in [-0.25, -0.2) is 0 Å². The second-order valence-corrected chi connectivity index (χ2v) is 48.8. The van der Waals surface area contributed by atoms with E-state index in [0.717, 1.165) is 12.8 Å². The van der Waals surface area contributed by atoms with Crippen LogP contribution in [-0.4, -0.2) is 5.92 Å². The number of hydrogen-bond donors (Lipinski definition) is 0. The molecule has 8 rings (SSSR count). The number of rotatable bonds is 9. The van der Waals surface area contributed by atoms with Gasteiger partial charge in [-0.2, -0.15) is 0 Å². The van der Waals surface area contributed by atoms with E-state index in [1.807, 2.05) is 0 Å². The van der Waals surface area contributed by atoms with Crippen LogP contribution in [0.3, 0.4) is 0 Å². The molecule has 0 saturated heterocycles. The molecule has 0 saturated carbocycles. The molecule has 0 aromatic heterocycles. The SMILES string of the molecule is CCC1=Cc2c(-c3ccccc3)cccc2[CH]1[Zr]([CH3])([CH3])([CH]1C(CC)=Cc2c(-c3ccccc3)cccc21)[SiH](c1ccccc1)c1ccccc1. The van der Waals surface area contributed by atoms with Crippen LogP contribution in [0.15, 0.2) is 169 Å². The number of fused-ring (bicyclic) bond motifs is 2. The molecule has 0 fully saturated rings. The van der Waals surface area contributed by atoms with Crippen molar-refractivity contribution in [3.63, 3.8) is 0 Å². The zero-order valence-electron chi connectivity index (χ0n) is 29.8. The first-order valence-electron chi connectivity index (χ1n) is 18.5. The van der Waals surface area contributed by atoms with Crippen molar-refractivity contribution in [1.82, 2.24) is 0 Å². The summed E-state index contributed by atoms with van der Waals surface area (Å²) in [7, 11) is 0. The van der Waals surface area contributed by atoms with Gasteiger partial charge in [0.05, 0.1) is 0 Å². The van der Waals surface area contributed by atoms with Crippen molar-refractivity contribution in [3.8, 4) is 22.3 Å². The summed E-state index contributed by atoms with van der Waals surface area (Å²) in [6.07, 6.45) is 7.41. The number of benzene rings is 6. The van der Waals surface area contributed by atoms with E-state index in [1.165, 1.54) is 33.4 Å². The van der Waals surface area contributed by atoms with E-state index >= 15 is 0 Å². The monoisotopic (exact) mass is 741 g/mol. The molecule has 2 heteroatoms. The van der Waals surface area contributed by atoms with Gasteiger partial charge < -0.3 is 0 Å². The van der Waals surface area contributed by atoms with E-state index in [1.54, 1.807) is 32.6 Å². The van der Waals surface area contributed by atoms with Gasteiger partial charge in [-0.15, -0.1) is 0 Å². The Bertz CT molecular complexity index is 2060. The van der Waals surface area contributed by atoms with Crippen molar-refractivity contribution in [3.05, 3.63) is 191 Å². The summed E-state index contributed by atoms with van der Waals surface area (Å²) in [4.78, 5) is 0. The molecule has 0 heterocycles. The maximum atomic E-state index is 2.93. The summed E-state index contributed by atoms with van der Waals surface area (Å²) >= 11 is -4.35. The van der Waals surface area contributed by atoms with Crippen LogP contribution in [0.2, 0.25) is 9.26 Å². The second kappa shape index (κ2) is 13.2. The molecule has 6 aromatic rings. The number of hydrogen-bond acceptors (Lipinski definition) is 0. The fourth-order valence-corrected chi connectivity index (χ4v) is 56.8. The molecule has 0 N–H and O–H groups in total. The van der Waals surface area contributed by atoms with Crippen molar-refractivity contribution < 1.29 is 17.9 Å². The normalized spacial score (nSPS) is 17.4. The Labute approximate surface area is 301 Å². The van der Waals surface area contributed by atoms with E-state index in [9.17, 15) is 0 Å². The Morgan fingerprint density at radius 3 is 1.16 bits per heavy atom. The molecule has 2 aliphatic carbocycles. The summed E-state index contributed by atoms with van der Waals surface area (Å²) in [5.41, 5.74) is 14.7. The van der Waals surface area contributed by atoms with E-state index in [0.29, 0.717) is 7.25 Å². The molecule has 2 unspecified atom stereocenters. The minimum absolute atomic E-state index is 0.434. The average Bonchev–Trinajstić information content (AvgIpc) is 3.77. The third-order valence-electron chi connectivity index (χ3n) is 12.3. The fraction of sp³-hybridized carbons (Fsp3) is 0.167. The predicted molar refractivity (Wildman–Crippen MR) is 217 cm³/mol. The van der Waals surface area contributed by atoms with Crippen LogP contribution < -0.4 is 10.4 Å². The zero-order valence-corrected chi connectivity index (χ0v) is 33.4. The Morgan fingerprint density at radius 1 is 0.440 bits per heavy atom. The van der Waals surface area contributed by atoms with E-state index < -0.39 is 23.9 Å². The molecule has 6 aromatic carbocycles. The first kappa shape index (κ1) is 33.1. The van der Waals surface area contributed by atoms with Crippen LogP contribution in [0, 0.1) is 0 Å². The molecule has 0 nitrogen and oxygen atoms in total. The van der Waals surface area contributed by atoms with Gasteiger partial charge in [-0.3, -0.25) is 0 Å². The topological polar surface area (TPSA) is 0 Å². The molecule has 0 amide bonds. The Kier molecular flexibility index (Phi) is 8.74. The van der Waals surface area contributed by atoms with Gasteiger partial charge in [0, 0.05) is 0 Å². The molecule has 0 radical (unpaired) electrons. The van der Waals surface area contributed by atoms with Crippen LogP contribution in [0.1, 0.15) is 56.2 Å². The predicted octanol–water partition coefficient (Wildman–Crippen LogP) is 11.7. The molecular formula is C48H47SiZr. The van der Waals surface area contributed by atoms with Crippen LogP contribution in [-0.2, 0) is 17.9 Å². The van der Waals surface area contributed by atoms with Crippen LogP contribution >= 0.6 is 0 Å². The van der Waals surface area contributed by atoms with Crippen molar-refractivity contribution in [1.29, 1.82) is 0 Å². The molecule has 247 valence electrons. The van der Waals surface area contributed by atoms with Gasteiger partial charge in [0.1, 0.15) is 0 Å². The summed E-state index contributed by atoms with van der Waals surface area (Å²) in [6.45, 7) is 4.83. The van der Waals surface area contributed by atoms with Gasteiger partial charge >= 0.3 is 303 Å². The van der Waals surface area contributed by atoms with E-state index in [-0.39, 0.29) is 0 Å². The third-order valence-corrected chi connectivity index (χ3v) is 50.8. The van der Waals surface area contributed by atoms with Crippen molar-refractivity contribution in [2.45, 2.75) is 43.2 Å². The summed E-state index contributed by atoms with van der Waals surface area (Å²) in [6, 6.07) is 60.1. The van der Waals surface area contributed by atoms with Crippen molar-refractivity contribution in [2.75, 3.05) is 0 Å². The first-order valence-corrected chi connectivity index (χ1v) is 32.2. The van der Waals surface area contributed by atoms with E-state index in [4.69, 9.17) is 0 Å².